The molecule has 0 bridgehead atoms. The molecule has 4 heterocycles. The van der Waals surface area contributed by atoms with Gasteiger partial charge in [-0.25, -0.2) is 19.8 Å². The molecule has 1 aromatic carbocycles. The maximum absolute atomic E-state index is 15.2. The molecule has 0 saturated carbocycles. The number of hydrogen-bond donors (Lipinski definition) is 1. The Hall–Kier alpha value is -3.30. The van der Waals surface area contributed by atoms with Crippen LogP contribution in [0.3, 0.4) is 0 Å². The fourth-order valence-electron chi connectivity index (χ4n) is 4.21. The summed E-state index contributed by atoms with van der Waals surface area (Å²) >= 11 is 0. The second-order valence-corrected chi connectivity index (χ2v) is 7.80. The van der Waals surface area contributed by atoms with Crippen LogP contribution in [0.15, 0.2) is 36.4 Å². The molecule has 3 aromatic heterocycles. The van der Waals surface area contributed by atoms with Crippen LogP contribution in [0.5, 0.6) is 0 Å². The van der Waals surface area contributed by atoms with Crippen LogP contribution in [0.2, 0.25) is 0 Å². The van der Waals surface area contributed by atoms with Crippen molar-refractivity contribution < 1.29 is 14.0 Å². The Labute approximate surface area is 178 Å². The van der Waals surface area contributed by atoms with Crippen LogP contribution in [0.4, 0.5) is 10.2 Å². The minimum Gasteiger partial charge on any atom is -0.353 e. The lowest BCUT2D eigenvalue weighted by Crippen LogP contribution is -2.30. The summed E-state index contributed by atoms with van der Waals surface area (Å²) in [6.07, 6.45) is 0.940. The van der Waals surface area contributed by atoms with E-state index in [1.165, 1.54) is 13.2 Å². The molecule has 0 radical (unpaired) electrons. The molecule has 1 fully saturated rings. The summed E-state index contributed by atoms with van der Waals surface area (Å²) in [5.41, 5.74) is 5.16. The van der Waals surface area contributed by atoms with Gasteiger partial charge in [-0.05, 0) is 44.3 Å². The van der Waals surface area contributed by atoms with Crippen molar-refractivity contribution in [1.29, 1.82) is 0 Å². The highest BCUT2D eigenvalue weighted by molar-refractivity contribution is 6.05. The smallest absolute Gasteiger partial charge is 0.278 e. The molecule has 1 aliphatic rings. The number of hydroxylamine groups is 1. The number of halogens is 1. The molecule has 160 valence electrons. The largest absolute Gasteiger partial charge is 0.353 e. The summed E-state index contributed by atoms with van der Waals surface area (Å²) in [5, 5.41) is 0.519. The van der Waals surface area contributed by atoms with Crippen LogP contribution in [0.1, 0.15) is 16.8 Å². The molecular weight excluding hydrogens is 399 g/mol. The standard InChI is InChI=1S/C22H23FN6O2/c1-27-8-5-9-28(11-10-27)21-16(23)13-14-12-15(22(30)26-31-2)20-24-17-6-3-4-7-18(17)29(20)19(14)25-21/h3-4,6-7,12-13H,5,8-11H2,1-2H3,(H,26,30). The topological polar surface area (TPSA) is 75.0 Å². The van der Waals surface area contributed by atoms with E-state index in [0.717, 1.165) is 37.1 Å². The van der Waals surface area contributed by atoms with Gasteiger partial charge in [0.25, 0.3) is 5.91 Å². The second kappa shape index (κ2) is 7.75. The highest BCUT2D eigenvalue weighted by Gasteiger charge is 2.22. The molecular formula is C22H23FN6O2. The van der Waals surface area contributed by atoms with Crippen LogP contribution in [-0.4, -0.2) is 65.5 Å². The summed E-state index contributed by atoms with van der Waals surface area (Å²) in [6.45, 7) is 3.26. The van der Waals surface area contributed by atoms with Gasteiger partial charge in [-0.2, -0.15) is 0 Å². The number of imidazole rings is 1. The van der Waals surface area contributed by atoms with E-state index in [1.54, 1.807) is 6.07 Å². The number of amides is 1. The van der Waals surface area contributed by atoms with E-state index < -0.39 is 11.7 Å². The monoisotopic (exact) mass is 422 g/mol. The maximum Gasteiger partial charge on any atom is 0.278 e. The van der Waals surface area contributed by atoms with E-state index in [9.17, 15) is 4.79 Å². The van der Waals surface area contributed by atoms with Crippen molar-refractivity contribution in [2.24, 2.45) is 0 Å². The fourth-order valence-corrected chi connectivity index (χ4v) is 4.21. The van der Waals surface area contributed by atoms with Gasteiger partial charge in [-0.3, -0.25) is 14.0 Å². The van der Waals surface area contributed by atoms with E-state index in [1.807, 2.05) is 33.6 Å². The van der Waals surface area contributed by atoms with Crippen molar-refractivity contribution in [3.63, 3.8) is 0 Å². The van der Waals surface area contributed by atoms with Crippen molar-refractivity contribution in [3.8, 4) is 0 Å². The highest BCUT2D eigenvalue weighted by atomic mass is 19.1. The predicted molar refractivity (Wildman–Crippen MR) is 117 cm³/mol. The van der Waals surface area contributed by atoms with Gasteiger partial charge in [0.1, 0.15) is 5.65 Å². The van der Waals surface area contributed by atoms with Crippen molar-refractivity contribution >= 4 is 39.4 Å². The van der Waals surface area contributed by atoms with E-state index in [-0.39, 0.29) is 5.56 Å². The third-order valence-corrected chi connectivity index (χ3v) is 5.74. The first-order valence-corrected chi connectivity index (χ1v) is 10.2. The summed E-state index contributed by atoms with van der Waals surface area (Å²) in [4.78, 5) is 31.1. The minimum atomic E-state index is -0.454. The predicted octanol–water partition coefficient (Wildman–Crippen LogP) is 2.61. The molecule has 1 N–H and O–H groups in total. The zero-order valence-corrected chi connectivity index (χ0v) is 17.4. The van der Waals surface area contributed by atoms with Crippen LogP contribution >= 0.6 is 0 Å². The number of carbonyl (C=O) groups excluding carboxylic acids is 1. The number of benzene rings is 1. The van der Waals surface area contributed by atoms with Gasteiger partial charge in [0.15, 0.2) is 17.3 Å². The molecule has 0 atom stereocenters. The van der Waals surface area contributed by atoms with E-state index in [4.69, 9.17) is 9.82 Å². The summed E-state index contributed by atoms with van der Waals surface area (Å²) in [6, 6.07) is 10.6. The van der Waals surface area contributed by atoms with E-state index in [2.05, 4.69) is 22.4 Å². The lowest BCUT2D eigenvalue weighted by Gasteiger charge is -2.22. The molecule has 1 amide bonds. The first-order chi connectivity index (χ1) is 15.1. The van der Waals surface area contributed by atoms with Gasteiger partial charge in [-0.1, -0.05) is 12.1 Å². The number of likely N-dealkylation sites (N-methyl/N-ethyl adjacent to an activating group) is 1. The van der Waals surface area contributed by atoms with Crippen molar-refractivity contribution in [3.05, 3.63) is 47.8 Å². The number of para-hydroxylation sites is 2. The molecule has 0 aliphatic carbocycles. The number of anilines is 1. The summed E-state index contributed by atoms with van der Waals surface area (Å²) in [5.74, 6) is -0.528. The molecule has 9 heteroatoms. The Morgan fingerprint density at radius 1 is 1.10 bits per heavy atom. The number of pyridine rings is 2. The molecule has 0 spiro atoms. The Bertz CT molecular complexity index is 1300. The zero-order valence-electron chi connectivity index (χ0n) is 17.4. The van der Waals surface area contributed by atoms with Gasteiger partial charge < -0.3 is 9.80 Å². The lowest BCUT2D eigenvalue weighted by molar-refractivity contribution is 0.0539. The van der Waals surface area contributed by atoms with Crippen molar-refractivity contribution in [1.82, 2.24) is 24.7 Å². The number of fused-ring (bicyclic) bond motifs is 5. The number of carbonyl (C=O) groups is 1. The zero-order chi connectivity index (χ0) is 21.5. The van der Waals surface area contributed by atoms with Crippen LogP contribution in [0, 0.1) is 5.82 Å². The lowest BCUT2D eigenvalue weighted by atomic mass is 10.2. The van der Waals surface area contributed by atoms with Crippen LogP contribution in [-0.2, 0) is 4.84 Å². The molecule has 1 saturated heterocycles. The number of aromatic nitrogens is 3. The number of hydrogen-bond acceptors (Lipinski definition) is 6. The maximum atomic E-state index is 15.2. The van der Waals surface area contributed by atoms with Gasteiger partial charge in [-0.15, -0.1) is 0 Å². The summed E-state index contributed by atoms with van der Waals surface area (Å²) in [7, 11) is 3.44. The van der Waals surface area contributed by atoms with Gasteiger partial charge in [0.05, 0.1) is 23.7 Å². The average molecular weight is 422 g/mol. The third-order valence-electron chi connectivity index (χ3n) is 5.74. The third kappa shape index (κ3) is 3.35. The first-order valence-electron chi connectivity index (χ1n) is 10.2. The normalized spacial score (nSPS) is 15.6. The van der Waals surface area contributed by atoms with Gasteiger partial charge in [0.2, 0.25) is 0 Å². The summed E-state index contributed by atoms with van der Waals surface area (Å²) < 4.78 is 17.0. The molecule has 31 heavy (non-hydrogen) atoms. The fraction of sp³-hybridized carbons (Fsp3) is 0.318. The Morgan fingerprint density at radius 2 is 1.94 bits per heavy atom. The van der Waals surface area contributed by atoms with Crippen molar-refractivity contribution in [2.45, 2.75) is 6.42 Å². The Morgan fingerprint density at radius 3 is 2.77 bits per heavy atom. The Kier molecular flexibility index (Phi) is 4.91. The van der Waals surface area contributed by atoms with Gasteiger partial charge in [0, 0.05) is 25.0 Å². The molecule has 1 aliphatic heterocycles. The first kappa shape index (κ1) is 19.7. The molecule has 5 rings (SSSR count). The van der Waals surface area contributed by atoms with Crippen LogP contribution in [0.25, 0.3) is 27.7 Å². The van der Waals surface area contributed by atoms with E-state index in [0.29, 0.717) is 29.0 Å². The van der Waals surface area contributed by atoms with Crippen LogP contribution < -0.4 is 10.4 Å². The Balaban J connectivity index is 1.78. The average Bonchev–Trinajstić information content (AvgIpc) is 3.02. The highest BCUT2D eigenvalue weighted by Crippen LogP contribution is 2.29. The number of rotatable bonds is 3. The SMILES string of the molecule is CONC(=O)c1cc2cc(F)c(N3CCCN(C)CC3)nc2n2c1nc1ccccc12. The number of nitrogens with one attached hydrogen (secondary N) is 1. The quantitative estimate of drug-likeness (QED) is 0.512. The second-order valence-electron chi connectivity index (χ2n) is 7.80. The molecule has 8 nitrogen and oxygen atoms in total. The minimum absolute atomic E-state index is 0.288. The van der Waals surface area contributed by atoms with Gasteiger partial charge >= 0.3 is 0 Å². The number of nitrogens with zero attached hydrogens (tertiary/aromatic N) is 5. The van der Waals surface area contributed by atoms with E-state index >= 15 is 4.39 Å². The van der Waals surface area contributed by atoms with Crippen molar-refractivity contribution in [2.75, 3.05) is 45.2 Å². The molecule has 4 aromatic rings. The molecule has 0 unspecified atom stereocenters.